The highest BCUT2D eigenvalue weighted by atomic mass is 79.9. The highest BCUT2D eigenvalue weighted by Crippen LogP contribution is 2.35. The molecule has 108 valence electrons. The minimum atomic E-state index is 0.509. The van der Waals surface area contributed by atoms with Gasteiger partial charge in [0, 0.05) is 20.2 Å². The molecular formula is C14H21Br2NO2. The molecule has 0 saturated carbocycles. The number of nitrogens with one attached hydrogen (secondary N) is 1. The monoisotopic (exact) mass is 393 g/mol. The van der Waals surface area contributed by atoms with E-state index < -0.39 is 0 Å². The van der Waals surface area contributed by atoms with E-state index >= 15 is 0 Å². The minimum Gasteiger partial charge on any atom is -0.491 e. The summed E-state index contributed by atoms with van der Waals surface area (Å²) in [6.45, 7) is 7.36. The van der Waals surface area contributed by atoms with E-state index in [-0.39, 0.29) is 0 Å². The summed E-state index contributed by atoms with van der Waals surface area (Å²) in [5.41, 5.74) is 1.20. The molecule has 0 radical (unpaired) electrons. The molecule has 1 aromatic rings. The zero-order valence-electron chi connectivity index (χ0n) is 11.6. The van der Waals surface area contributed by atoms with Gasteiger partial charge in [-0.15, -0.1) is 0 Å². The van der Waals surface area contributed by atoms with Crippen molar-refractivity contribution in [3.63, 3.8) is 0 Å². The molecule has 0 fully saturated rings. The van der Waals surface area contributed by atoms with Crippen molar-refractivity contribution >= 4 is 31.9 Å². The Bertz CT molecular complexity index is 374. The summed E-state index contributed by atoms with van der Waals surface area (Å²) in [5, 5.41) is 3.32. The second-order valence-corrected chi connectivity index (χ2v) is 6.47. The predicted molar refractivity (Wildman–Crippen MR) is 85.8 cm³/mol. The molecule has 0 amide bonds. The molecule has 1 aromatic carbocycles. The van der Waals surface area contributed by atoms with Gasteiger partial charge in [0.25, 0.3) is 0 Å². The molecule has 0 spiro atoms. The van der Waals surface area contributed by atoms with Crippen LogP contribution in [0.25, 0.3) is 0 Å². The van der Waals surface area contributed by atoms with Crippen molar-refractivity contribution in [1.82, 2.24) is 5.32 Å². The van der Waals surface area contributed by atoms with Crippen LogP contribution in [0.4, 0.5) is 0 Å². The van der Waals surface area contributed by atoms with E-state index in [1.54, 1.807) is 7.11 Å². The average Bonchev–Trinajstić information content (AvgIpc) is 2.33. The molecule has 19 heavy (non-hydrogen) atoms. The van der Waals surface area contributed by atoms with E-state index in [1.165, 1.54) is 5.56 Å². The van der Waals surface area contributed by atoms with Crippen LogP contribution in [-0.2, 0) is 11.3 Å². The normalized spacial score (nSPS) is 11.1. The standard InChI is InChI=1S/C14H21Br2NO2/c1-10(2)9-19-14-12(15)6-11(7-13(14)16)8-17-4-5-18-3/h6-7,10,17H,4-5,8-9H2,1-3H3. The Balaban J connectivity index is 2.62. The summed E-state index contributed by atoms with van der Waals surface area (Å²) in [6.07, 6.45) is 0. The molecule has 3 nitrogen and oxygen atoms in total. The fraction of sp³-hybridized carbons (Fsp3) is 0.571. The third kappa shape index (κ3) is 6.25. The van der Waals surface area contributed by atoms with Gasteiger partial charge >= 0.3 is 0 Å². The van der Waals surface area contributed by atoms with Crippen LogP contribution in [0.3, 0.4) is 0 Å². The van der Waals surface area contributed by atoms with E-state index in [4.69, 9.17) is 9.47 Å². The predicted octanol–water partition coefficient (Wildman–Crippen LogP) is 3.98. The maximum atomic E-state index is 5.79. The zero-order valence-corrected chi connectivity index (χ0v) is 14.8. The van der Waals surface area contributed by atoms with E-state index in [0.29, 0.717) is 12.5 Å². The molecule has 0 aliphatic carbocycles. The van der Waals surface area contributed by atoms with Gasteiger partial charge in [-0.3, -0.25) is 0 Å². The quantitative estimate of drug-likeness (QED) is 0.676. The molecule has 5 heteroatoms. The van der Waals surface area contributed by atoms with Crippen LogP contribution < -0.4 is 10.1 Å². The van der Waals surface area contributed by atoms with Crippen molar-refractivity contribution in [3.05, 3.63) is 26.6 Å². The SMILES string of the molecule is COCCNCc1cc(Br)c(OCC(C)C)c(Br)c1. The second-order valence-electron chi connectivity index (χ2n) is 4.76. The third-order valence-corrected chi connectivity index (χ3v) is 3.61. The fourth-order valence-corrected chi connectivity index (χ4v) is 3.02. The Morgan fingerprint density at radius 2 is 1.84 bits per heavy atom. The van der Waals surface area contributed by atoms with Gasteiger partial charge in [-0.1, -0.05) is 13.8 Å². The summed E-state index contributed by atoms with van der Waals surface area (Å²) in [7, 11) is 1.70. The highest BCUT2D eigenvalue weighted by Gasteiger charge is 2.09. The maximum absolute atomic E-state index is 5.79. The van der Waals surface area contributed by atoms with Crippen molar-refractivity contribution in [2.45, 2.75) is 20.4 Å². The van der Waals surface area contributed by atoms with Gasteiger partial charge in [-0.05, 0) is 55.5 Å². The van der Waals surface area contributed by atoms with Crippen molar-refractivity contribution in [3.8, 4) is 5.75 Å². The third-order valence-electron chi connectivity index (χ3n) is 2.43. The summed E-state index contributed by atoms with van der Waals surface area (Å²) < 4.78 is 12.7. The van der Waals surface area contributed by atoms with Crippen LogP contribution in [0.1, 0.15) is 19.4 Å². The summed E-state index contributed by atoms with van der Waals surface area (Å²) in [6, 6.07) is 4.17. The molecule has 0 unspecified atom stereocenters. The topological polar surface area (TPSA) is 30.5 Å². The Labute approximate surface area is 132 Å². The van der Waals surface area contributed by atoms with Gasteiger partial charge in [0.05, 0.1) is 22.2 Å². The number of benzene rings is 1. The first-order chi connectivity index (χ1) is 9.04. The van der Waals surface area contributed by atoms with Crippen LogP contribution in [0.2, 0.25) is 0 Å². The second kappa shape index (κ2) is 8.95. The number of hydrogen-bond donors (Lipinski definition) is 1. The lowest BCUT2D eigenvalue weighted by Gasteiger charge is -2.14. The first-order valence-electron chi connectivity index (χ1n) is 6.35. The van der Waals surface area contributed by atoms with Crippen molar-refractivity contribution in [2.24, 2.45) is 5.92 Å². The molecule has 0 aromatic heterocycles. The van der Waals surface area contributed by atoms with Crippen LogP contribution in [0, 0.1) is 5.92 Å². The Morgan fingerprint density at radius 3 is 2.37 bits per heavy atom. The first-order valence-corrected chi connectivity index (χ1v) is 7.93. The van der Waals surface area contributed by atoms with E-state index in [0.717, 1.165) is 34.4 Å². The van der Waals surface area contributed by atoms with Gasteiger partial charge in [0.2, 0.25) is 0 Å². The molecule has 1 rings (SSSR count). The van der Waals surface area contributed by atoms with Gasteiger partial charge in [0.1, 0.15) is 5.75 Å². The smallest absolute Gasteiger partial charge is 0.147 e. The molecule has 0 saturated heterocycles. The molecule has 0 heterocycles. The number of methoxy groups -OCH3 is 1. The lowest BCUT2D eigenvalue weighted by Crippen LogP contribution is -2.18. The average molecular weight is 395 g/mol. The minimum absolute atomic E-state index is 0.509. The molecular weight excluding hydrogens is 374 g/mol. The van der Waals surface area contributed by atoms with Gasteiger partial charge < -0.3 is 14.8 Å². The van der Waals surface area contributed by atoms with Crippen molar-refractivity contribution in [2.75, 3.05) is 26.9 Å². The summed E-state index contributed by atoms with van der Waals surface area (Å²) in [5.74, 6) is 1.38. The van der Waals surface area contributed by atoms with Crippen LogP contribution in [0.15, 0.2) is 21.1 Å². The van der Waals surface area contributed by atoms with Crippen LogP contribution in [-0.4, -0.2) is 26.9 Å². The summed E-state index contributed by atoms with van der Waals surface area (Å²) >= 11 is 7.13. The Kier molecular flexibility index (Phi) is 7.99. The largest absolute Gasteiger partial charge is 0.491 e. The van der Waals surface area contributed by atoms with Crippen LogP contribution in [0.5, 0.6) is 5.75 Å². The summed E-state index contributed by atoms with van der Waals surface area (Å²) in [4.78, 5) is 0. The van der Waals surface area contributed by atoms with E-state index in [9.17, 15) is 0 Å². The fourth-order valence-electron chi connectivity index (χ4n) is 1.51. The number of hydrogen-bond acceptors (Lipinski definition) is 3. The molecule has 0 aliphatic rings. The van der Waals surface area contributed by atoms with Gasteiger partial charge in [-0.25, -0.2) is 0 Å². The Morgan fingerprint density at radius 1 is 1.21 bits per heavy atom. The molecule has 0 bridgehead atoms. The number of halogens is 2. The van der Waals surface area contributed by atoms with Crippen molar-refractivity contribution < 1.29 is 9.47 Å². The van der Waals surface area contributed by atoms with Crippen LogP contribution >= 0.6 is 31.9 Å². The zero-order chi connectivity index (χ0) is 14.3. The van der Waals surface area contributed by atoms with Crippen molar-refractivity contribution in [1.29, 1.82) is 0 Å². The highest BCUT2D eigenvalue weighted by molar-refractivity contribution is 9.11. The van der Waals surface area contributed by atoms with E-state index in [2.05, 4.69) is 63.2 Å². The molecule has 1 N–H and O–H groups in total. The first kappa shape index (κ1) is 17.0. The lowest BCUT2D eigenvalue weighted by atomic mass is 10.2. The Hall–Kier alpha value is -0.100. The van der Waals surface area contributed by atoms with Gasteiger partial charge in [0.15, 0.2) is 0 Å². The molecule has 0 atom stereocenters. The number of ether oxygens (including phenoxy) is 2. The maximum Gasteiger partial charge on any atom is 0.147 e. The van der Waals surface area contributed by atoms with E-state index in [1.807, 2.05) is 0 Å². The molecule has 0 aliphatic heterocycles. The lowest BCUT2D eigenvalue weighted by molar-refractivity contribution is 0.199. The number of rotatable bonds is 8. The van der Waals surface area contributed by atoms with Gasteiger partial charge in [-0.2, -0.15) is 0 Å².